The number of benzene rings is 2. The Hall–Kier alpha value is -1.51. The highest BCUT2D eigenvalue weighted by atomic mass is 32.2. The van der Waals surface area contributed by atoms with E-state index in [0.717, 1.165) is 0 Å². The first-order valence-electron chi connectivity index (χ1n) is 8.08. The molecule has 1 aliphatic heterocycles. The Morgan fingerprint density at radius 3 is 2.23 bits per heavy atom. The largest absolute Gasteiger partial charge is 0.327 e. The molecule has 0 aromatic heterocycles. The molecule has 0 radical (unpaired) electrons. The highest BCUT2D eigenvalue weighted by Gasteiger charge is 2.19. The van der Waals surface area contributed by atoms with Crippen molar-refractivity contribution in [3.05, 3.63) is 65.2 Å². The second-order valence-electron chi connectivity index (χ2n) is 4.45. The fraction of sp³-hybridized carbons (Fsp3) is 0.300. The van der Waals surface area contributed by atoms with Crippen molar-refractivity contribution in [2.75, 3.05) is 6.54 Å². The average Bonchev–Trinajstić information content (AvgIpc) is 2.59. The fourth-order valence-corrected chi connectivity index (χ4v) is 3.41. The Morgan fingerprint density at radius 1 is 0.909 bits per heavy atom. The van der Waals surface area contributed by atoms with Gasteiger partial charge in [-0.05, 0) is 35.8 Å². The van der Waals surface area contributed by atoms with E-state index in [1.807, 2.05) is 39.5 Å². The molecule has 1 heterocycles. The van der Waals surface area contributed by atoms with Crippen LogP contribution in [0.5, 0.6) is 0 Å². The minimum absolute atomic E-state index is 0.571. The minimum atomic E-state index is 0.571. The van der Waals surface area contributed by atoms with Gasteiger partial charge in [0, 0.05) is 16.3 Å². The van der Waals surface area contributed by atoms with E-state index in [9.17, 15) is 0 Å². The van der Waals surface area contributed by atoms with E-state index < -0.39 is 0 Å². The summed E-state index contributed by atoms with van der Waals surface area (Å²) in [7, 11) is 0. The van der Waals surface area contributed by atoms with Gasteiger partial charge in [0.25, 0.3) is 0 Å². The van der Waals surface area contributed by atoms with Crippen molar-refractivity contribution >= 4 is 17.3 Å². The molecule has 0 atom stereocenters. The second kappa shape index (κ2) is 9.50. The van der Waals surface area contributed by atoms with E-state index in [1.165, 1.54) is 32.1 Å². The van der Waals surface area contributed by atoms with Gasteiger partial charge in [-0.2, -0.15) is 0 Å². The van der Waals surface area contributed by atoms with E-state index in [-0.39, 0.29) is 0 Å². The summed E-state index contributed by atoms with van der Waals surface area (Å²) in [5.74, 6) is 0. The Kier molecular flexibility index (Phi) is 8.00. The summed E-state index contributed by atoms with van der Waals surface area (Å²) in [5, 5.41) is 0. The number of fused-ring (bicyclic) bond motifs is 2. The van der Waals surface area contributed by atoms with Crippen LogP contribution in [0.15, 0.2) is 58.3 Å². The van der Waals surface area contributed by atoms with E-state index in [4.69, 9.17) is 5.73 Å². The van der Waals surface area contributed by atoms with Crippen molar-refractivity contribution in [2.45, 2.75) is 44.4 Å². The predicted octanol–water partition coefficient (Wildman–Crippen LogP) is 5.90. The number of rotatable bonds is 1. The molecule has 2 aromatic carbocycles. The molecule has 3 rings (SSSR count). The molecule has 0 bridgehead atoms. The maximum atomic E-state index is 5.73. The molecule has 1 nitrogen and oxygen atoms in total. The summed E-state index contributed by atoms with van der Waals surface area (Å²) in [5.41, 5.74) is 10.9. The normalized spacial score (nSPS) is 13.1. The first-order valence-corrected chi connectivity index (χ1v) is 8.90. The van der Waals surface area contributed by atoms with Crippen molar-refractivity contribution in [2.24, 2.45) is 5.73 Å². The van der Waals surface area contributed by atoms with Gasteiger partial charge in [0.15, 0.2) is 0 Å². The van der Waals surface area contributed by atoms with Crippen molar-refractivity contribution in [3.8, 4) is 0 Å². The lowest BCUT2D eigenvalue weighted by Crippen LogP contribution is -2.03. The first kappa shape index (κ1) is 18.5. The Bertz CT molecular complexity index is 629. The van der Waals surface area contributed by atoms with Gasteiger partial charge in [-0.15, -0.1) is 0 Å². The third kappa shape index (κ3) is 4.02. The van der Waals surface area contributed by atoms with E-state index in [2.05, 4.69) is 55.5 Å². The van der Waals surface area contributed by atoms with Gasteiger partial charge < -0.3 is 5.73 Å². The molecule has 0 spiro atoms. The molecule has 0 fully saturated rings. The number of aryl methyl sites for hydroxylation is 1. The molecule has 0 amide bonds. The Balaban J connectivity index is 0.000000561. The zero-order valence-electron chi connectivity index (χ0n) is 14.3. The highest BCUT2D eigenvalue weighted by Crippen LogP contribution is 2.45. The van der Waals surface area contributed by atoms with Crippen molar-refractivity contribution in [3.63, 3.8) is 0 Å². The molecule has 2 heteroatoms. The highest BCUT2D eigenvalue weighted by molar-refractivity contribution is 7.99. The second-order valence-corrected chi connectivity index (χ2v) is 5.54. The Labute approximate surface area is 139 Å². The lowest BCUT2D eigenvalue weighted by Gasteiger charge is -2.22. The fourth-order valence-electron chi connectivity index (χ4n) is 2.32. The standard InChI is InChI=1S/C16H15NS.2C2H6/c1-11-6-7-16-14(10-11)12(8-9-17)13-4-2-3-5-15(13)18-16;2*1-2/h2-8,10H,9,17H2,1H3;2*1-2H3/b12-8-;;. The molecule has 0 unspecified atom stereocenters. The van der Waals surface area contributed by atoms with Crippen LogP contribution in [0.2, 0.25) is 0 Å². The van der Waals surface area contributed by atoms with E-state index >= 15 is 0 Å². The first-order chi connectivity index (χ1) is 10.8. The van der Waals surface area contributed by atoms with Gasteiger partial charge in [-0.1, -0.05) is 81.4 Å². The van der Waals surface area contributed by atoms with E-state index in [0.29, 0.717) is 6.54 Å². The van der Waals surface area contributed by atoms with Crippen molar-refractivity contribution < 1.29 is 0 Å². The van der Waals surface area contributed by atoms with Crippen LogP contribution in [0.25, 0.3) is 5.57 Å². The number of nitrogens with two attached hydrogens (primary N) is 1. The summed E-state index contributed by atoms with van der Waals surface area (Å²) in [4.78, 5) is 2.63. The van der Waals surface area contributed by atoms with Crippen LogP contribution >= 0.6 is 11.8 Å². The summed E-state index contributed by atoms with van der Waals surface area (Å²) in [6, 6.07) is 15.1. The zero-order valence-corrected chi connectivity index (χ0v) is 15.1. The molecular formula is C20H27NS. The molecule has 0 aliphatic carbocycles. The van der Waals surface area contributed by atoms with Crippen LogP contribution in [0.1, 0.15) is 44.4 Å². The van der Waals surface area contributed by atoms with Crippen LogP contribution in [0.4, 0.5) is 0 Å². The summed E-state index contributed by atoms with van der Waals surface area (Å²) in [6.07, 6.45) is 2.12. The van der Waals surface area contributed by atoms with Gasteiger partial charge in [0.05, 0.1) is 0 Å². The van der Waals surface area contributed by atoms with Crippen LogP contribution in [-0.4, -0.2) is 6.54 Å². The third-order valence-electron chi connectivity index (χ3n) is 3.14. The number of hydrogen-bond acceptors (Lipinski definition) is 2. The Morgan fingerprint density at radius 2 is 1.55 bits per heavy atom. The number of hydrogen-bond donors (Lipinski definition) is 1. The molecule has 1 aliphatic rings. The maximum Gasteiger partial charge on any atom is 0.0201 e. The lowest BCUT2D eigenvalue weighted by molar-refractivity contribution is 1.22. The average molecular weight is 314 g/mol. The lowest BCUT2D eigenvalue weighted by atomic mass is 9.95. The van der Waals surface area contributed by atoms with Crippen LogP contribution in [0.3, 0.4) is 0 Å². The SMILES string of the molecule is CC.CC.Cc1ccc2c(c1)/C(=C\CN)c1ccccc1S2. The van der Waals surface area contributed by atoms with Crippen molar-refractivity contribution in [1.82, 2.24) is 0 Å². The van der Waals surface area contributed by atoms with Gasteiger partial charge in [0.2, 0.25) is 0 Å². The summed E-state index contributed by atoms with van der Waals surface area (Å²) >= 11 is 1.84. The molecule has 22 heavy (non-hydrogen) atoms. The maximum absolute atomic E-state index is 5.73. The van der Waals surface area contributed by atoms with Crippen LogP contribution in [-0.2, 0) is 0 Å². The molecule has 0 saturated carbocycles. The quantitative estimate of drug-likeness (QED) is 0.605. The monoisotopic (exact) mass is 313 g/mol. The van der Waals surface area contributed by atoms with Crippen LogP contribution < -0.4 is 5.73 Å². The predicted molar refractivity (Wildman–Crippen MR) is 101 cm³/mol. The molecule has 2 aromatic rings. The van der Waals surface area contributed by atoms with Crippen LogP contribution in [0, 0.1) is 6.92 Å². The third-order valence-corrected chi connectivity index (χ3v) is 4.30. The molecule has 118 valence electrons. The summed E-state index contributed by atoms with van der Waals surface area (Å²) < 4.78 is 0. The smallest absolute Gasteiger partial charge is 0.0201 e. The zero-order chi connectivity index (χ0) is 16.5. The molecular weight excluding hydrogens is 286 g/mol. The van der Waals surface area contributed by atoms with Crippen molar-refractivity contribution in [1.29, 1.82) is 0 Å². The minimum Gasteiger partial charge on any atom is -0.327 e. The van der Waals surface area contributed by atoms with Gasteiger partial charge in [-0.25, -0.2) is 0 Å². The summed E-state index contributed by atoms with van der Waals surface area (Å²) in [6.45, 7) is 10.7. The topological polar surface area (TPSA) is 26.0 Å². The van der Waals surface area contributed by atoms with Gasteiger partial charge >= 0.3 is 0 Å². The molecule has 2 N–H and O–H groups in total. The van der Waals surface area contributed by atoms with Gasteiger partial charge in [-0.3, -0.25) is 0 Å². The molecule has 0 saturated heterocycles. The van der Waals surface area contributed by atoms with Gasteiger partial charge in [0.1, 0.15) is 0 Å². The van der Waals surface area contributed by atoms with E-state index in [1.54, 1.807) is 0 Å².